The largest absolute Gasteiger partial charge is 0.496 e. The summed E-state index contributed by atoms with van der Waals surface area (Å²) in [7, 11) is 1.66. The zero-order valence-corrected chi connectivity index (χ0v) is 13.7. The first-order chi connectivity index (χ1) is 11.7. The average molecular weight is 327 g/mol. The molecule has 6 nitrogen and oxygen atoms in total. The molecule has 1 aliphatic heterocycles. The summed E-state index contributed by atoms with van der Waals surface area (Å²) < 4.78 is 5.40. The first-order valence-electron chi connectivity index (χ1n) is 8.01. The normalized spacial score (nSPS) is 15.0. The Morgan fingerprint density at radius 1 is 1.12 bits per heavy atom. The van der Waals surface area contributed by atoms with Crippen LogP contribution < -0.4 is 9.64 Å². The summed E-state index contributed by atoms with van der Waals surface area (Å²) in [5, 5.41) is 9.11. The van der Waals surface area contributed by atoms with E-state index in [0.717, 1.165) is 35.7 Å². The molecule has 0 aliphatic carbocycles. The van der Waals surface area contributed by atoms with Gasteiger partial charge in [0.25, 0.3) is 0 Å². The molecule has 3 rings (SSSR count). The highest BCUT2D eigenvalue weighted by molar-refractivity contribution is 5.70. The Kier molecular flexibility index (Phi) is 4.84. The predicted molar refractivity (Wildman–Crippen MR) is 92.7 cm³/mol. The molecule has 1 saturated heterocycles. The van der Waals surface area contributed by atoms with Gasteiger partial charge in [-0.05, 0) is 24.6 Å². The molecule has 126 valence electrons. The zero-order valence-electron chi connectivity index (χ0n) is 13.7. The van der Waals surface area contributed by atoms with Crippen molar-refractivity contribution in [2.24, 2.45) is 0 Å². The van der Waals surface area contributed by atoms with E-state index in [0.29, 0.717) is 19.6 Å². The van der Waals surface area contributed by atoms with Crippen molar-refractivity contribution in [2.75, 3.05) is 38.2 Å². The van der Waals surface area contributed by atoms with Gasteiger partial charge < -0.3 is 19.6 Å². The van der Waals surface area contributed by atoms with E-state index in [1.54, 1.807) is 7.11 Å². The van der Waals surface area contributed by atoms with Crippen LogP contribution in [-0.4, -0.2) is 54.4 Å². The number of carboxylic acid groups (broad SMARTS) is 1. The van der Waals surface area contributed by atoms with Crippen LogP contribution in [0.1, 0.15) is 6.42 Å². The number of pyridine rings is 1. The lowest BCUT2D eigenvalue weighted by Gasteiger charge is -2.22. The lowest BCUT2D eigenvalue weighted by molar-refractivity contribution is 0.148. The van der Waals surface area contributed by atoms with Crippen LogP contribution >= 0.6 is 0 Å². The number of carbonyl (C=O) groups is 1. The summed E-state index contributed by atoms with van der Waals surface area (Å²) in [4.78, 5) is 19.3. The third-order valence-electron chi connectivity index (χ3n) is 4.26. The monoisotopic (exact) mass is 327 g/mol. The number of ether oxygens (including phenoxy) is 1. The van der Waals surface area contributed by atoms with E-state index in [-0.39, 0.29) is 0 Å². The summed E-state index contributed by atoms with van der Waals surface area (Å²) in [5.41, 5.74) is 2.00. The Bertz CT molecular complexity index is 703. The Hall–Kier alpha value is -2.76. The molecule has 2 aromatic rings. The standard InChI is InChI=1S/C18H21N3O3/c1-24-16-6-3-2-5-15(16)14-7-8-17(19-13-14)20-9-4-10-21(12-11-20)18(22)23/h2-3,5-8,13H,4,9-12H2,1H3,(H,22,23). The molecule has 1 fully saturated rings. The molecule has 1 amide bonds. The maximum absolute atomic E-state index is 11.1. The number of para-hydroxylation sites is 1. The van der Waals surface area contributed by atoms with E-state index in [1.165, 1.54) is 4.90 Å². The fourth-order valence-corrected chi connectivity index (χ4v) is 2.95. The van der Waals surface area contributed by atoms with Crippen LogP contribution in [0, 0.1) is 0 Å². The molecule has 1 aromatic heterocycles. The molecule has 0 atom stereocenters. The van der Waals surface area contributed by atoms with Gasteiger partial charge in [0.05, 0.1) is 7.11 Å². The summed E-state index contributed by atoms with van der Waals surface area (Å²) in [5.74, 6) is 1.69. The number of amides is 1. The number of methoxy groups -OCH3 is 1. The van der Waals surface area contributed by atoms with Crippen LogP contribution in [0.2, 0.25) is 0 Å². The Labute approximate surface area is 141 Å². The lowest BCUT2D eigenvalue weighted by atomic mass is 10.1. The van der Waals surface area contributed by atoms with Gasteiger partial charge in [0.2, 0.25) is 0 Å². The van der Waals surface area contributed by atoms with Gasteiger partial charge >= 0.3 is 6.09 Å². The molecular formula is C18H21N3O3. The minimum absolute atomic E-state index is 0.505. The highest BCUT2D eigenvalue weighted by Gasteiger charge is 2.19. The zero-order chi connectivity index (χ0) is 16.9. The fraction of sp³-hybridized carbons (Fsp3) is 0.333. The van der Waals surface area contributed by atoms with Gasteiger partial charge in [0.15, 0.2) is 0 Å². The Morgan fingerprint density at radius 2 is 1.96 bits per heavy atom. The third-order valence-corrected chi connectivity index (χ3v) is 4.26. The van der Waals surface area contributed by atoms with Crippen molar-refractivity contribution in [2.45, 2.75) is 6.42 Å². The summed E-state index contributed by atoms with van der Waals surface area (Å²) in [6.07, 6.45) is 1.80. The van der Waals surface area contributed by atoms with Crippen molar-refractivity contribution >= 4 is 11.9 Å². The molecule has 0 unspecified atom stereocenters. The number of rotatable bonds is 3. The number of benzene rings is 1. The van der Waals surface area contributed by atoms with Crippen LogP contribution in [0.5, 0.6) is 5.75 Å². The highest BCUT2D eigenvalue weighted by atomic mass is 16.5. The molecular weight excluding hydrogens is 306 g/mol. The molecule has 0 radical (unpaired) electrons. The van der Waals surface area contributed by atoms with Gasteiger partial charge in [-0.1, -0.05) is 18.2 Å². The highest BCUT2D eigenvalue weighted by Crippen LogP contribution is 2.29. The van der Waals surface area contributed by atoms with Gasteiger partial charge in [0.1, 0.15) is 11.6 Å². The fourth-order valence-electron chi connectivity index (χ4n) is 2.95. The van der Waals surface area contributed by atoms with E-state index in [4.69, 9.17) is 9.84 Å². The minimum Gasteiger partial charge on any atom is -0.496 e. The predicted octanol–water partition coefficient (Wildman–Crippen LogP) is 2.95. The topological polar surface area (TPSA) is 65.9 Å². The Balaban J connectivity index is 1.76. The number of hydrogen-bond donors (Lipinski definition) is 1. The van der Waals surface area contributed by atoms with E-state index < -0.39 is 6.09 Å². The quantitative estimate of drug-likeness (QED) is 0.939. The molecule has 0 bridgehead atoms. The smallest absolute Gasteiger partial charge is 0.407 e. The third kappa shape index (κ3) is 3.42. The Morgan fingerprint density at radius 3 is 2.67 bits per heavy atom. The van der Waals surface area contributed by atoms with E-state index >= 15 is 0 Å². The van der Waals surface area contributed by atoms with Gasteiger partial charge in [0, 0.05) is 43.5 Å². The number of aromatic nitrogens is 1. The van der Waals surface area contributed by atoms with E-state index in [1.807, 2.05) is 42.6 Å². The summed E-state index contributed by atoms with van der Waals surface area (Å²) >= 11 is 0. The molecule has 0 spiro atoms. The van der Waals surface area contributed by atoms with Gasteiger partial charge in [-0.15, -0.1) is 0 Å². The first kappa shape index (κ1) is 16.1. The molecule has 6 heteroatoms. The van der Waals surface area contributed by atoms with Crippen LogP contribution in [0.3, 0.4) is 0 Å². The van der Waals surface area contributed by atoms with Crippen molar-refractivity contribution in [3.8, 4) is 16.9 Å². The van der Waals surface area contributed by atoms with Gasteiger partial charge in [-0.3, -0.25) is 0 Å². The van der Waals surface area contributed by atoms with Crippen molar-refractivity contribution < 1.29 is 14.6 Å². The summed E-state index contributed by atoms with van der Waals surface area (Å²) in [6.45, 7) is 2.55. The molecule has 1 aromatic carbocycles. The average Bonchev–Trinajstić information content (AvgIpc) is 2.88. The van der Waals surface area contributed by atoms with E-state index in [2.05, 4.69) is 9.88 Å². The maximum Gasteiger partial charge on any atom is 0.407 e. The summed E-state index contributed by atoms with van der Waals surface area (Å²) in [6, 6.07) is 11.9. The van der Waals surface area contributed by atoms with Crippen LogP contribution in [-0.2, 0) is 0 Å². The van der Waals surface area contributed by atoms with Crippen molar-refractivity contribution in [1.29, 1.82) is 0 Å². The second-order valence-corrected chi connectivity index (χ2v) is 5.72. The van der Waals surface area contributed by atoms with Crippen LogP contribution in [0.15, 0.2) is 42.6 Å². The van der Waals surface area contributed by atoms with Crippen molar-refractivity contribution in [1.82, 2.24) is 9.88 Å². The van der Waals surface area contributed by atoms with Crippen molar-refractivity contribution in [3.05, 3.63) is 42.6 Å². The molecule has 2 heterocycles. The molecule has 1 N–H and O–H groups in total. The SMILES string of the molecule is COc1ccccc1-c1ccc(N2CCCN(C(=O)O)CC2)nc1. The van der Waals surface area contributed by atoms with Gasteiger partial charge in [-0.2, -0.15) is 0 Å². The lowest BCUT2D eigenvalue weighted by Crippen LogP contribution is -2.34. The number of nitrogens with zero attached hydrogens (tertiary/aromatic N) is 3. The molecule has 1 aliphatic rings. The van der Waals surface area contributed by atoms with Crippen LogP contribution in [0.25, 0.3) is 11.1 Å². The van der Waals surface area contributed by atoms with Crippen molar-refractivity contribution in [3.63, 3.8) is 0 Å². The maximum atomic E-state index is 11.1. The second kappa shape index (κ2) is 7.21. The van der Waals surface area contributed by atoms with Gasteiger partial charge in [-0.25, -0.2) is 9.78 Å². The molecule has 0 saturated carbocycles. The second-order valence-electron chi connectivity index (χ2n) is 5.72. The minimum atomic E-state index is -0.851. The van der Waals surface area contributed by atoms with E-state index in [9.17, 15) is 4.79 Å². The molecule has 24 heavy (non-hydrogen) atoms. The number of anilines is 1. The van der Waals surface area contributed by atoms with Crippen LogP contribution in [0.4, 0.5) is 10.6 Å². The number of hydrogen-bond acceptors (Lipinski definition) is 4. The first-order valence-corrected chi connectivity index (χ1v) is 8.01.